The van der Waals surface area contributed by atoms with E-state index in [1.807, 2.05) is 25.1 Å². The molecule has 3 heterocycles. The fourth-order valence-electron chi connectivity index (χ4n) is 1.97. The first-order valence-corrected chi connectivity index (χ1v) is 7.80. The highest BCUT2D eigenvalue weighted by Gasteiger charge is 2.14. The minimum absolute atomic E-state index is 0.587. The molecule has 3 aromatic heterocycles. The second-order valence-corrected chi connectivity index (χ2v) is 5.58. The van der Waals surface area contributed by atoms with Gasteiger partial charge in [-0.1, -0.05) is 11.8 Å². The Hall–Kier alpha value is -2.25. The van der Waals surface area contributed by atoms with Crippen molar-refractivity contribution < 1.29 is 4.42 Å². The van der Waals surface area contributed by atoms with Crippen LogP contribution in [0, 0.1) is 6.92 Å². The van der Waals surface area contributed by atoms with Gasteiger partial charge < -0.3 is 10.2 Å². The van der Waals surface area contributed by atoms with E-state index in [1.165, 1.54) is 11.8 Å². The summed E-state index contributed by atoms with van der Waals surface area (Å²) in [4.78, 5) is 17.6. The molecule has 0 bridgehead atoms. The third-order valence-corrected chi connectivity index (χ3v) is 3.82. The molecule has 0 aromatic carbocycles. The van der Waals surface area contributed by atoms with Crippen LogP contribution in [0.4, 0.5) is 0 Å². The van der Waals surface area contributed by atoms with Crippen LogP contribution in [-0.2, 0) is 0 Å². The number of thioether (sulfide) groups is 1. The molecule has 0 spiro atoms. The van der Waals surface area contributed by atoms with Crippen molar-refractivity contribution in [1.29, 1.82) is 0 Å². The molecule has 0 saturated carbocycles. The number of furan rings is 1. The number of aryl methyl sites for hydroxylation is 1. The van der Waals surface area contributed by atoms with Crippen LogP contribution in [0.2, 0.25) is 0 Å². The Morgan fingerprint density at radius 3 is 2.91 bits per heavy atom. The summed E-state index contributed by atoms with van der Waals surface area (Å²) in [6.07, 6.45) is 5.12. The summed E-state index contributed by atoms with van der Waals surface area (Å²) >= 11 is 1.52. The van der Waals surface area contributed by atoms with Crippen LogP contribution in [0.5, 0.6) is 0 Å². The average Bonchev–Trinajstić information content (AvgIpc) is 3.07. The molecular formula is C15H15N5OS. The highest BCUT2D eigenvalue weighted by atomic mass is 32.2. The Morgan fingerprint density at radius 2 is 2.14 bits per heavy atom. The van der Waals surface area contributed by atoms with Crippen molar-refractivity contribution in [3.05, 3.63) is 42.7 Å². The van der Waals surface area contributed by atoms with Gasteiger partial charge in [-0.3, -0.25) is 0 Å². The summed E-state index contributed by atoms with van der Waals surface area (Å²) in [5.74, 6) is 2.15. The lowest BCUT2D eigenvalue weighted by molar-refractivity contribution is 0.579. The van der Waals surface area contributed by atoms with Crippen molar-refractivity contribution in [1.82, 2.24) is 19.9 Å². The van der Waals surface area contributed by atoms with Gasteiger partial charge in [0, 0.05) is 30.3 Å². The zero-order valence-corrected chi connectivity index (χ0v) is 12.9. The van der Waals surface area contributed by atoms with Crippen LogP contribution < -0.4 is 5.73 Å². The van der Waals surface area contributed by atoms with Gasteiger partial charge in [0.15, 0.2) is 10.9 Å². The number of hydrogen-bond donors (Lipinski definition) is 1. The topological polar surface area (TPSA) is 90.7 Å². The zero-order valence-electron chi connectivity index (χ0n) is 12.1. The summed E-state index contributed by atoms with van der Waals surface area (Å²) in [6, 6.07) is 5.54. The average molecular weight is 313 g/mol. The molecule has 0 fully saturated rings. The third-order valence-electron chi connectivity index (χ3n) is 2.92. The maximum absolute atomic E-state index is 5.52. The first-order chi connectivity index (χ1) is 10.8. The number of nitrogens with zero attached hydrogens (tertiary/aromatic N) is 4. The molecular weight excluding hydrogens is 298 g/mol. The predicted octanol–water partition coefficient (Wildman–Crippen LogP) is 2.55. The fraction of sp³-hybridized carbons (Fsp3) is 0.200. The number of aromatic nitrogens is 4. The van der Waals surface area contributed by atoms with Crippen LogP contribution in [-0.4, -0.2) is 32.2 Å². The SMILES string of the molecule is Cc1ncc(-c2ccnc(SCCN)n2)c(-c2ccco2)n1. The van der Waals surface area contributed by atoms with E-state index < -0.39 is 0 Å². The van der Waals surface area contributed by atoms with Crippen LogP contribution in [0.25, 0.3) is 22.7 Å². The Balaban J connectivity index is 2.05. The van der Waals surface area contributed by atoms with Gasteiger partial charge in [-0.15, -0.1) is 0 Å². The van der Waals surface area contributed by atoms with Crippen LogP contribution >= 0.6 is 11.8 Å². The first kappa shape index (κ1) is 14.7. The molecule has 3 rings (SSSR count). The maximum atomic E-state index is 5.52. The molecule has 0 aliphatic heterocycles. The molecule has 7 heteroatoms. The molecule has 0 aliphatic rings. The van der Waals surface area contributed by atoms with Gasteiger partial charge in [0.05, 0.1) is 12.0 Å². The van der Waals surface area contributed by atoms with Crippen molar-refractivity contribution in [2.45, 2.75) is 12.1 Å². The summed E-state index contributed by atoms with van der Waals surface area (Å²) in [5, 5.41) is 0.689. The molecule has 22 heavy (non-hydrogen) atoms. The summed E-state index contributed by atoms with van der Waals surface area (Å²) in [6.45, 7) is 2.43. The summed E-state index contributed by atoms with van der Waals surface area (Å²) < 4.78 is 5.48. The maximum Gasteiger partial charge on any atom is 0.188 e. The minimum Gasteiger partial charge on any atom is -0.463 e. The molecule has 0 aliphatic carbocycles. The van der Waals surface area contributed by atoms with Crippen molar-refractivity contribution in [2.24, 2.45) is 5.73 Å². The summed E-state index contributed by atoms with van der Waals surface area (Å²) in [7, 11) is 0. The summed E-state index contributed by atoms with van der Waals surface area (Å²) in [5.41, 5.74) is 7.83. The van der Waals surface area contributed by atoms with Crippen LogP contribution in [0.15, 0.2) is 46.4 Å². The third kappa shape index (κ3) is 3.15. The quantitative estimate of drug-likeness (QED) is 0.571. The van der Waals surface area contributed by atoms with Crippen molar-refractivity contribution in [3.8, 4) is 22.7 Å². The first-order valence-electron chi connectivity index (χ1n) is 6.81. The molecule has 6 nitrogen and oxygen atoms in total. The Bertz CT molecular complexity index is 760. The van der Waals surface area contributed by atoms with Crippen molar-refractivity contribution in [3.63, 3.8) is 0 Å². The van der Waals surface area contributed by atoms with Gasteiger partial charge in [0.1, 0.15) is 11.5 Å². The normalized spacial score (nSPS) is 10.8. The highest BCUT2D eigenvalue weighted by Crippen LogP contribution is 2.29. The van der Waals surface area contributed by atoms with E-state index in [4.69, 9.17) is 10.2 Å². The lowest BCUT2D eigenvalue weighted by Gasteiger charge is -2.07. The van der Waals surface area contributed by atoms with Gasteiger partial charge in [-0.05, 0) is 25.1 Å². The molecule has 0 amide bonds. The molecule has 0 radical (unpaired) electrons. The van der Waals surface area contributed by atoms with Gasteiger partial charge in [-0.25, -0.2) is 19.9 Å². The van der Waals surface area contributed by atoms with Crippen molar-refractivity contribution >= 4 is 11.8 Å². The lowest BCUT2D eigenvalue weighted by Crippen LogP contribution is -2.02. The van der Waals surface area contributed by atoms with Crippen LogP contribution in [0.3, 0.4) is 0 Å². The monoisotopic (exact) mass is 313 g/mol. The predicted molar refractivity (Wildman–Crippen MR) is 85.3 cm³/mol. The standard InChI is InChI=1S/C15H15N5OS/c1-10-18-9-11(14(19-10)13-3-2-7-21-13)12-4-6-17-15(20-12)22-8-5-16/h2-4,6-7,9H,5,8,16H2,1H3. The van der Waals surface area contributed by atoms with Gasteiger partial charge >= 0.3 is 0 Å². The fourth-order valence-corrected chi connectivity index (χ4v) is 2.57. The smallest absolute Gasteiger partial charge is 0.188 e. The van der Waals surface area contributed by atoms with Crippen LogP contribution in [0.1, 0.15) is 5.82 Å². The molecule has 0 atom stereocenters. The van der Waals surface area contributed by atoms with Gasteiger partial charge in [0.2, 0.25) is 0 Å². The van der Waals surface area contributed by atoms with Crippen molar-refractivity contribution in [2.75, 3.05) is 12.3 Å². The van der Waals surface area contributed by atoms with E-state index in [-0.39, 0.29) is 0 Å². The second-order valence-electron chi connectivity index (χ2n) is 4.52. The number of hydrogen-bond acceptors (Lipinski definition) is 7. The molecule has 0 saturated heterocycles. The minimum atomic E-state index is 0.587. The van der Waals surface area contributed by atoms with E-state index in [1.54, 1.807) is 18.7 Å². The van der Waals surface area contributed by atoms with Gasteiger partial charge in [0.25, 0.3) is 0 Å². The second kappa shape index (κ2) is 6.67. The Labute approximate surface area is 132 Å². The van der Waals surface area contributed by atoms with E-state index in [9.17, 15) is 0 Å². The Kier molecular flexibility index (Phi) is 4.45. The van der Waals surface area contributed by atoms with E-state index in [0.717, 1.165) is 22.7 Å². The largest absolute Gasteiger partial charge is 0.463 e. The molecule has 3 aromatic rings. The Morgan fingerprint density at radius 1 is 1.23 bits per heavy atom. The molecule has 0 unspecified atom stereocenters. The number of rotatable bonds is 5. The zero-order chi connectivity index (χ0) is 15.4. The van der Waals surface area contributed by atoms with E-state index in [2.05, 4.69) is 19.9 Å². The number of nitrogens with two attached hydrogens (primary N) is 1. The molecule has 2 N–H and O–H groups in total. The molecule has 112 valence electrons. The highest BCUT2D eigenvalue weighted by molar-refractivity contribution is 7.99. The van der Waals surface area contributed by atoms with E-state index in [0.29, 0.717) is 23.3 Å². The van der Waals surface area contributed by atoms with E-state index >= 15 is 0 Å². The van der Waals surface area contributed by atoms with Gasteiger partial charge in [-0.2, -0.15) is 0 Å². The lowest BCUT2D eigenvalue weighted by atomic mass is 10.1.